The third-order valence-electron chi connectivity index (χ3n) is 0.613. The Labute approximate surface area is 66.4 Å². The van der Waals surface area contributed by atoms with Gasteiger partial charge in [0.1, 0.15) is 0 Å². The van der Waals surface area contributed by atoms with Gasteiger partial charge in [-0.3, -0.25) is 0 Å². The van der Waals surface area contributed by atoms with E-state index in [1.807, 2.05) is 0 Å². The second kappa shape index (κ2) is 2.88. The molecule has 0 amide bonds. The van der Waals surface area contributed by atoms with Gasteiger partial charge in [-0.15, -0.1) is 0 Å². The van der Waals surface area contributed by atoms with Gasteiger partial charge in [-0.25, -0.2) is 0 Å². The molecule has 1 rings (SSSR count). The van der Waals surface area contributed by atoms with Crippen LogP contribution in [-0.2, 0) is 6.20 Å². The number of hydrogen-bond acceptors (Lipinski definition) is 3. The SMILES string of the molecule is Cl[Te]1(Cl)(Cl)OCCO1.N. The molecule has 1 aliphatic rings. The standard InChI is InChI=1S/C2H4Cl3O2Te.H3N/c3-8(4,5)6-1-2-7-8;/h1-2H2;1H3. The van der Waals surface area contributed by atoms with Crippen LogP contribution < -0.4 is 6.15 Å². The van der Waals surface area contributed by atoms with Gasteiger partial charge in [0.25, 0.3) is 0 Å². The van der Waals surface area contributed by atoms with Crippen molar-refractivity contribution in [2.24, 2.45) is 0 Å². The average molecular weight is 311 g/mol. The van der Waals surface area contributed by atoms with Gasteiger partial charge in [-0.05, 0) is 0 Å². The molecule has 0 aromatic carbocycles. The molecule has 7 heteroatoms. The van der Waals surface area contributed by atoms with E-state index in [9.17, 15) is 0 Å². The van der Waals surface area contributed by atoms with E-state index in [0.29, 0.717) is 13.2 Å². The summed E-state index contributed by atoms with van der Waals surface area (Å²) >= 11 is -4.20. The molecule has 0 atom stereocenters. The van der Waals surface area contributed by atoms with E-state index >= 15 is 0 Å². The normalized spacial score (nSPS) is 33.9. The van der Waals surface area contributed by atoms with Crippen LogP contribution >= 0.6 is 26.9 Å². The van der Waals surface area contributed by atoms with Crippen LogP contribution in [0, 0.1) is 0 Å². The predicted octanol–water partition coefficient (Wildman–Crippen LogP) is 1.80. The van der Waals surface area contributed by atoms with Crippen molar-refractivity contribution in [2.45, 2.75) is 0 Å². The third kappa shape index (κ3) is 3.45. The van der Waals surface area contributed by atoms with E-state index < -0.39 is 14.3 Å². The maximum Gasteiger partial charge on any atom is -0.344 e. The van der Waals surface area contributed by atoms with Crippen molar-refractivity contribution in [2.75, 3.05) is 13.2 Å². The Bertz CT molecular complexity index is 102. The number of rotatable bonds is 0. The molecular formula is C2H7Cl3NO2Te. The molecule has 0 aliphatic carbocycles. The van der Waals surface area contributed by atoms with Crippen molar-refractivity contribution >= 4 is 41.2 Å². The first-order chi connectivity index (χ1) is 3.47. The number of hydrogen-bond donors (Lipinski definition) is 1. The fourth-order valence-electron chi connectivity index (χ4n) is 0.359. The minimum Gasteiger partial charge on any atom is -0.344 e. The number of halogens is 3. The summed E-state index contributed by atoms with van der Waals surface area (Å²) in [7, 11) is 16.5. The Kier molecular flexibility index (Phi) is 3.37. The summed E-state index contributed by atoms with van der Waals surface area (Å²) in [6.45, 7) is 0.823. The zero-order valence-corrected chi connectivity index (χ0v) is 9.08. The van der Waals surface area contributed by atoms with Gasteiger partial charge in [-0.2, -0.15) is 0 Å². The molecule has 1 aliphatic heterocycles. The molecule has 3 N–H and O–H groups in total. The largest absolute Gasteiger partial charge is 0.344 e. The van der Waals surface area contributed by atoms with E-state index in [4.69, 9.17) is 33.1 Å². The van der Waals surface area contributed by atoms with Gasteiger partial charge < -0.3 is 6.15 Å². The van der Waals surface area contributed by atoms with Gasteiger partial charge in [0.15, 0.2) is 0 Å². The fraction of sp³-hybridized carbons (Fsp3) is 1.00. The van der Waals surface area contributed by atoms with Crippen LogP contribution in [0.1, 0.15) is 0 Å². The van der Waals surface area contributed by atoms with Crippen LogP contribution in [0.5, 0.6) is 0 Å². The predicted molar refractivity (Wildman–Crippen MR) is 40.2 cm³/mol. The summed E-state index contributed by atoms with van der Waals surface area (Å²) in [6.07, 6.45) is 0. The van der Waals surface area contributed by atoms with Gasteiger partial charge >= 0.3 is 60.6 Å². The van der Waals surface area contributed by atoms with Crippen molar-refractivity contribution in [3.05, 3.63) is 0 Å². The van der Waals surface area contributed by atoms with E-state index in [1.54, 1.807) is 0 Å². The van der Waals surface area contributed by atoms with Crippen molar-refractivity contribution in [3.8, 4) is 0 Å². The second-order valence-electron chi connectivity index (χ2n) is 1.26. The molecule has 1 heterocycles. The third-order valence-corrected chi connectivity index (χ3v) is 7.23. The molecule has 1 saturated heterocycles. The van der Waals surface area contributed by atoms with Crippen LogP contribution in [0.25, 0.3) is 0 Å². The van der Waals surface area contributed by atoms with E-state index in [0.717, 1.165) is 0 Å². The fourth-order valence-corrected chi connectivity index (χ4v) is 4.94. The zero-order valence-electron chi connectivity index (χ0n) is 4.48. The molecule has 59 valence electrons. The maximum atomic E-state index is 5.50. The van der Waals surface area contributed by atoms with E-state index in [2.05, 4.69) is 0 Å². The molecule has 0 saturated carbocycles. The van der Waals surface area contributed by atoms with Crippen molar-refractivity contribution in [1.82, 2.24) is 6.15 Å². The molecule has 0 bridgehead atoms. The van der Waals surface area contributed by atoms with Gasteiger partial charge in [0.2, 0.25) is 0 Å². The molecule has 0 aromatic rings. The van der Waals surface area contributed by atoms with Crippen LogP contribution in [0.4, 0.5) is 0 Å². The maximum absolute atomic E-state index is 5.50. The van der Waals surface area contributed by atoms with Crippen molar-refractivity contribution < 1.29 is 6.20 Å². The summed E-state index contributed by atoms with van der Waals surface area (Å²) in [5.41, 5.74) is 0. The minimum absolute atomic E-state index is 0. The quantitative estimate of drug-likeness (QED) is 0.694. The van der Waals surface area contributed by atoms with E-state index in [1.165, 1.54) is 0 Å². The summed E-state index contributed by atoms with van der Waals surface area (Å²) in [5.74, 6) is 0. The first kappa shape index (κ1) is 10.5. The Morgan fingerprint density at radius 3 is 1.44 bits per heavy atom. The summed E-state index contributed by atoms with van der Waals surface area (Å²) in [6, 6.07) is 0. The first-order valence-electron chi connectivity index (χ1n) is 1.87. The van der Waals surface area contributed by atoms with Crippen LogP contribution in [-0.4, -0.2) is 27.5 Å². The summed E-state index contributed by atoms with van der Waals surface area (Å²) in [4.78, 5) is 0. The molecule has 1 radical (unpaired) electrons. The molecular weight excluding hydrogens is 304 g/mol. The second-order valence-corrected chi connectivity index (χ2v) is 20.6. The molecule has 0 spiro atoms. The Morgan fingerprint density at radius 2 is 1.33 bits per heavy atom. The van der Waals surface area contributed by atoms with Crippen molar-refractivity contribution in [1.29, 1.82) is 0 Å². The molecule has 3 nitrogen and oxygen atoms in total. The van der Waals surface area contributed by atoms with Gasteiger partial charge in [0, 0.05) is 0 Å². The molecule has 0 aromatic heterocycles. The van der Waals surface area contributed by atoms with Crippen LogP contribution in [0.3, 0.4) is 0 Å². The van der Waals surface area contributed by atoms with Crippen LogP contribution in [0.2, 0.25) is 0 Å². The average Bonchev–Trinajstić information content (AvgIpc) is 1.81. The van der Waals surface area contributed by atoms with Gasteiger partial charge in [0.05, 0.1) is 0 Å². The Morgan fingerprint density at radius 1 is 1.00 bits per heavy atom. The van der Waals surface area contributed by atoms with Crippen LogP contribution in [0.15, 0.2) is 0 Å². The zero-order chi connectivity index (χ0) is 6.28. The molecule has 9 heavy (non-hydrogen) atoms. The Hall–Kier alpha value is 1.54. The molecule has 0 unspecified atom stereocenters. The molecule has 1 fully saturated rings. The van der Waals surface area contributed by atoms with Crippen molar-refractivity contribution in [3.63, 3.8) is 0 Å². The Balaban J connectivity index is 0.000000640. The van der Waals surface area contributed by atoms with Gasteiger partial charge in [-0.1, -0.05) is 0 Å². The smallest absolute Gasteiger partial charge is 0.344 e. The monoisotopic (exact) mass is 312 g/mol. The topological polar surface area (TPSA) is 53.5 Å². The van der Waals surface area contributed by atoms with E-state index in [-0.39, 0.29) is 6.15 Å². The first-order valence-corrected chi connectivity index (χ1v) is 12.6. The summed E-state index contributed by atoms with van der Waals surface area (Å²) < 4.78 is 9.59. The minimum atomic E-state index is -4.20. The summed E-state index contributed by atoms with van der Waals surface area (Å²) in [5, 5.41) is 0.